The van der Waals surface area contributed by atoms with Crippen LogP contribution in [0.2, 0.25) is 5.02 Å². The minimum absolute atomic E-state index is 0.371. The molecule has 0 spiro atoms. The molecule has 0 N–H and O–H groups in total. The number of morpholine rings is 1. The lowest BCUT2D eigenvalue weighted by molar-refractivity contribution is -0.159. The Morgan fingerprint density at radius 3 is 2.42 bits per heavy atom. The van der Waals surface area contributed by atoms with Crippen LogP contribution >= 0.6 is 39.3 Å². The van der Waals surface area contributed by atoms with Crippen LogP contribution in [0.3, 0.4) is 0 Å². The number of ether oxygens (including phenoxy) is 1. The molecular weight excluding hydrogens is 610 g/mol. The van der Waals surface area contributed by atoms with Gasteiger partial charge in [-0.1, -0.05) is 38.8 Å². The van der Waals surface area contributed by atoms with Crippen molar-refractivity contribution in [3.05, 3.63) is 75.7 Å². The molecule has 40 heavy (non-hydrogen) atoms. The summed E-state index contributed by atoms with van der Waals surface area (Å²) in [4.78, 5) is 22.1. The molecule has 0 radical (unpaired) electrons. The number of hydrogen-bond acceptors (Lipinski definition) is 6. The van der Waals surface area contributed by atoms with Crippen LogP contribution in [0.25, 0.3) is 21.8 Å². The maximum atomic E-state index is 13.3. The molecule has 0 atom stereocenters. The van der Waals surface area contributed by atoms with Gasteiger partial charge in [0.2, 0.25) is 0 Å². The number of rotatable bonds is 9. The highest BCUT2D eigenvalue weighted by atomic mass is 79.9. The average Bonchev–Trinajstić information content (AvgIpc) is 3.28. The van der Waals surface area contributed by atoms with E-state index < -0.39 is 5.54 Å². The van der Waals surface area contributed by atoms with Gasteiger partial charge in [0, 0.05) is 73.6 Å². The standard InChI is InChI=1S/C31H33BrClN3O3S/c1-4-36-28-11-5-21(19-25(28)26-20-22(32)6-12-29(26)36)27(13-18-40-24-9-7-23(33)8-10-24)34-39-30(37)31(2,3)35-14-16-38-17-15-35/h5-12,19-20H,4,13-18H2,1-3H3. The Balaban J connectivity index is 1.46. The lowest BCUT2D eigenvalue weighted by atomic mass is 10.0. The van der Waals surface area contributed by atoms with E-state index in [4.69, 9.17) is 21.2 Å². The molecule has 1 aliphatic heterocycles. The van der Waals surface area contributed by atoms with Crippen molar-refractivity contribution in [1.82, 2.24) is 9.47 Å². The molecule has 1 aromatic heterocycles. The summed E-state index contributed by atoms with van der Waals surface area (Å²) in [6, 6.07) is 20.6. The summed E-state index contributed by atoms with van der Waals surface area (Å²) in [6.45, 7) is 9.38. The summed E-state index contributed by atoms with van der Waals surface area (Å²) in [5, 5.41) is 7.53. The monoisotopic (exact) mass is 641 g/mol. The quantitative estimate of drug-likeness (QED) is 0.0808. The Morgan fingerprint density at radius 1 is 1.05 bits per heavy atom. The number of aryl methyl sites for hydroxylation is 1. The zero-order chi connectivity index (χ0) is 28.3. The second-order valence-electron chi connectivity index (χ2n) is 10.3. The molecular formula is C31H33BrClN3O3S. The molecule has 210 valence electrons. The van der Waals surface area contributed by atoms with Gasteiger partial charge in [0.1, 0.15) is 5.54 Å². The number of thioether (sulfide) groups is 1. The van der Waals surface area contributed by atoms with Crippen molar-refractivity contribution in [3.63, 3.8) is 0 Å². The molecule has 0 bridgehead atoms. The first kappa shape index (κ1) is 29.1. The lowest BCUT2D eigenvalue weighted by Gasteiger charge is -2.37. The summed E-state index contributed by atoms with van der Waals surface area (Å²) in [5.41, 5.74) is 3.23. The van der Waals surface area contributed by atoms with Gasteiger partial charge in [-0.25, -0.2) is 4.79 Å². The first-order valence-electron chi connectivity index (χ1n) is 13.5. The Labute approximate surface area is 252 Å². The topological polar surface area (TPSA) is 56.1 Å². The van der Waals surface area contributed by atoms with E-state index in [2.05, 4.69) is 73.9 Å². The van der Waals surface area contributed by atoms with Crippen LogP contribution < -0.4 is 0 Å². The molecule has 6 nitrogen and oxygen atoms in total. The number of aromatic nitrogens is 1. The fourth-order valence-corrected chi connectivity index (χ4v) is 6.44. The van der Waals surface area contributed by atoms with E-state index in [1.807, 2.05) is 38.1 Å². The van der Waals surface area contributed by atoms with Crippen LogP contribution in [0.4, 0.5) is 0 Å². The van der Waals surface area contributed by atoms with Gasteiger partial charge in [-0.05, 0) is 75.4 Å². The van der Waals surface area contributed by atoms with Crippen molar-refractivity contribution < 1.29 is 14.4 Å². The van der Waals surface area contributed by atoms with E-state index in [-0.39, 0.29) is 5.97 Å². The Morgan fingerprint density at radius 2 is 1.73 bits per heavy atom. The van der Waals surface area contributed by atoms with Gasteiger partial charge in [-0.2, -0.15) is 0 Å². The first-order chi connectivity index (χ1) is 19.3. The molecule has 1 aliphatic rings. The first-order valence-corrected chi connectivity index (χ1v) is 15.6. The van der Waals surface area contributed by atoms with Crippen LogP contribution in [0.15, 0.2) is 75.2 Å². The minimum atomic E-state index is -0.804. The third-order valence-electron chi connectivity index (χ3n) is 7.44. The molecule has 0 saturated carbocycles. The maximum absolute atomic E-state index is 13.3. The van der Waals surface area contributed by atoms with Crippen LogP contribution in [0, 0.1) is 0 Å². The molecule has 1 saturated heterocycles. The van der Waals surface area contributed by atoms with Gasteiger partial charge in [0.05, 0.1) is 18.9 Å². The SMILES string of the molecule is CCn1c2ccc(Br)cc2c2cc(C(CCSc3ccc(Cl)cc3)=NOC(=O)C(C)(C)N3CCOCC3)ccc21. The number of nitrogens with zero attached hydrogens (tertiary/aromatic N) is 3. The fourth-order valence-electron chi connectivity index (χ4n) is 5.10. The molecule has 3 aromatic carbocycles. The lowest BCUT2D eigenvalue weighted by Crippen LogP contribution is -2.54. The van der Waals surface area contributed by atoms with Crippen molar-refractivity contribution in [2.24, 2.45) is 5.16 Å². The molecule has 9 heteroatoms. The van der Waals surface area contributed by atoms with Crippen LogP contribution in [0.5, 0.6) is 0 Å². The van der Waals surface area contributed by atoms with Gasteiger partial charge in [0.25, 0.3) is 0 Å². The average molecular weight is 643 g/mol. The van der Waals surface area contributed by atoms with Gasteiger partial charge in [0.15, 0.2) is 0 Å². The van der Waals surface area contributed by atoms with E-state index >= 15 is 0 Å². The van der Waals surface area contributed by atoms with Crippen LogP contribution in [-0.2, 0) is 20.9 Å². The van der Waals surface area contributed by atoms with Gasteiger partial charge in [-0.15, -0.1) is 11.8 Å². The fraction of sp³-hybridized carbons (Fsp3) is 0.355. The van der Waals surface area contributed by atoms with E-state index in [1.54, 1.807) is 11.8 Å². The number of carbonyl (C=O) groups is 1. The summed E-state index contributed by atoms with van der Waals surface area (Å²) >= 11 is 11.4. The van der Waals surface area contributed by atoms with E-state index in [1.165, 1.54) is 16.4 Å². The minimum Gasteiger partial charge on any atom is -0.379 e. The summed E-state index contributed by atoms with van der Waals surface area (Å²) in [6.07, 6.45) is 0.625. The van der Waals surface area contributed by atoms with E-state index in [9.17, 15) is 4.79 Å². The second kappa shape index (κ2) is 12.7. The number of oxime groups is 1. The van der Waals surface area contributed by atoms with Crippen LogP contribution in [-0.4, -0.2) is 58.7 Å². The van der Waals surface area contributed by atoms with Crippen molar-refractivity contribution in [3.8, 4) is 0 Å². The highest BCUT2D eigenvalue weighted by Gasteiger charge is 2.37. The molecule has 4 aromatic rings. The van der Waals surface area contributed by atoms with Gasteiger partial charge < -0.3 is 14.1 Å². The number of fused-ring (bicyclic) bond motifs is 3. The Kier molecular flexibility index (Phi) is 9.22. The van der Waals surface area contributed by atoms with Crippen molar-refractivity contribution in [2.75, 3.05) is 32.1 Å². The number of hydrogen-bond donors (Lipinski definition) is 0. The van der Waals surface area contributed by atoms with Gasteiger partial charge >= 0.3 is 5.97 Å². The van der Waals surface area contributed by atoms with Crippen molar-refractivity contribution >= 4 is 72.8 Å². The maximum Gasteiger partial charge on any atom is 0.354 e. The number of carbonyl (C=O) groups excluding carboxylic acids is 1. The normalized spacial score (nSPS) is 15.2. The largest absolute Gasteiger partial charge is 0.379 e. The number of halogens is 2. The van der Waals surface area contributed by atoms with Crippen LogP contribution in [0.1, 0.15) is 32.8 Å². The van der Waals surface area contributed by atoms with Crippen molar-refractivity contribution in [1.29, 1.82) is 0 Å². The summed E-state index contributed by atoms with van der Waals surface area (Å²) in [7, 11) is 0. The third-order valence-corrected chi connectivity index (χ3v) is 9.20. The molecule has 0 aliphatic carbocycles. The molecule has 2 heterocycles. The van der Waals surface area contributed by atoms with E-state index in [0.717, 1.165) is 38.3 Å². The third kappa shape index (κ3) is 6.26. The highest BCUT2D eigenvalue weighted by Crippen LogP contribution is 2.32. The Hall–Kier alpha value is -2.36. The second-order valence-corrected chi connectivity index (χ2v) is 12.8. The smallest absolute Gasteiger partial charge is 0.354 e. The summed E-state index contributed by atoms with van der Waals surface area (Å²) in [5.74, 6) is 0.399. The molecule has 0 amide bonds. The predicted molar refractivity (Wildman–Crippen MR) is 169 cm³/mol. The highest BCUT2D eigenvalue weighted by molar-refractivity contribution is 9.10. The molecule has 5 rings (SSSR count). The predicted octanol–water partition coefficient (Wildman–Crippen LogP) is 7.77. The van der Waals surface area contributed by atoms with Gasteiger partial charge in [-0.3, -0.25) is 4.90 Å². The molecule has 0 unspecified atom stereocenters. The van der Waals surface area contributed by atoms with E-state index in [0.29, 0.717) is 37.7 Å². The zero-order valence-corrected chi connectivity index (χ0v) is 26.1. The van der Waals surface area contributed by atoms with Crippen molar-refractivity contribution in [2.45, 2.75) is 44.2 Å². The summed E-state index contributed by atoms with van der Waals surface area (Å²) < 4.78 is 8.82. The molecule has 1 fully saturated rings. The Bertz CT molecular complexity index is 1550. The number of benzene rings is 3. The zero-order valence-electron chi connectivity index (χ0n) is 23.0.